The topological polar surface area (TPSA) is 3.24 Å². The van der Waals surface area contributed by atoms with Gasteiger partial charge in [0.25, 0.3) is 0 Å². The van der Waals surface area contributed by atoms with Crippen molar-refractivity contribution in [1.29, 1.82) is 0 Å². The Bertz CT molecular complexity index is 88.9. The van der Waals surface area contributed by atoms with Crippen LogP contribution in [0.4, 0.5) is 0 Å². The van der Waals surface area contributed by atoms with Gasteiger partial charge in [-0.3, -0.25) is 0 Å². The van der Waals surface area contributed by atoms with Gasteiger partial charge in [0.05, 0.1) is 0 Å². The Morgan fingerprint density at radius 1 is 1.27 bits per heavy atom. The molecular weight excluding hydrogens is 134 g/mol. The van der Waals surface area contributed by atoms with Gasteiger partial charge < -0.3 is 4.90 Å². The van der Waals surface area contributed by atoms with Crippen molar-refractivity contribution in [2.45, 2.75) is 32.6 Å². The summed E-state index contributed by atoms with van der Waals surface area (Å²) in [4.78, 5) is 2.31. The van der Waals surface area contributed by atoms with E-state index in [4.69, 9.17) is 0 Å². The Kier molecular flexibility index (Phi) is 7.59. The summed E-state index contributed by atoms with van der Waals surface area (Å²) in [5, 5.41) is 0. The molecule has 0 aliphatic rings. The maximum absolute atomic E-state index is 3.70. The van der Waals surface area contributed by atoms with E-state index in [-0.39, 0.29) is 0 Å². The molecule has 0 heterocycles. The minimum Gasteiger partial charge on any atom is -0.303 e. The molecule has 0 amide bonds. The molecule has 0 rings (SSSR count). The Morgan fingerprint density at radius 3 is 2.55 bits per heavy atom. The molecule has 0 aliphatic heterocycles. The van der Waals surface area contributed by atoms with Gasteiger partial charge in [-0.2, -0.15) is 0 Å². The van der Waals surface area contributed by atoms with Crippen LogP contribution in [0, 0.1) is 0 Å². The van der Waals surface area contributed by atoms with Gasteiger partial charge in [-0.1, -0.05) is 32.3 Å². The van der Waals surface area contributed by atoms with E-state index in [2.05, 4.69) is 25.5 Å². The normalized spacial score (nSPS) is 10.5. The van der Waals surface area contributed by atoms with Crippen LogP contribution in [0.3, 0.4) is 0 Å². The molecular formula is C10H21N. The molecule has 0 fully saturated rings. The highest BCUT2D eigenvalue weighted by Crippen LogP contribution is 1.99. The van der Waals surface area contributed by atoms with Crippen molar-refractivity contribution >= 4 is 0 Å². The fourth-order valence-electron chi connectivity index (χ4n) is 1.12. The average Bonchev–Trinajstić information content (AvgIpc) is 1.99. The van der Waals surface area contributed by atoms with E-state index >= 15 is 0 Å². The number of unbranched alkanes of at least 4 members (excludes halogenated alkanes) is 3. The first-order valence-electron chi connectivity index (χ1n) is 4.60. The predicted octanol–water partition coefficient (Wildman–Crippen LogP) is 2.68. The molecule has 1 nitrogen and oxygen atoms in total. The molecule has 0 aromatic rings. The minimum absolute atomic E-state index is 1.02. The first-order chi connectivity index (χ1) is 5.31. The van der Waals surface area contributed by atoms with Crippen molar-refractivity contribution in [2.75, 3.05) is 20.1 Å². The van der Waals surface area contributed by atoms with E-state index in [0.717, 1.165) is 6.54 Å². The molecule has 0 radical (unpaired) electrons. The van der Waals surface area contributed by atoms with Crippen LogP contribution >= 0.6 is 0 Å². The molecule has 66 valence electrons. The summed E-state index contributed by atoms with van der Waals surface area (Å²) in [6.45, 7) is 8.18. The van der Waals surface area contributed by atoms with Gasteiger partial charge in [0.1, 0.15) is 0 Å². The van der Waals surface area contributed by atoms with Crippen LogP contribution in [-0.2, 0) is 0 Å². The van der Waals surface area contributed by atoms with E-state index in [0.29, 0.717) is 0 Å². The third kappa shape index (κ3) is 7.60. The van der Waals surface area contributed by atoms with E-state index in [1.807, 2.05) is 6.08 Å². The van der Waals surface area contributed by atoms with Crippen molar-refractivity contribution < 1.29 is 0 Å². The Hall–Kier alpha value is -0.300. The molecule has 0 atom stereocenters. The number of rotatable bonds is 7. The highest BCUT2D eigenvalue weighted by Gasteiger charge is 1.93. The van der Waals surface area contributed by atoms with Crippen molar-refractivity contribution in [3.63, 3.8) is 0 Å². The second kappa shape index (κ2) is 7.80. The lowest BCUT2D eigenvalue weighted by molar-refractivity contribution is 0.357. The molecule has 0 unspecified atom stereocenters. The van der Waals surface area contributed by atoms with E-state index in [1.165, 1.54) is 32.2 Å². The van der Waals surface area contributed by atoms with Gasteiger partial charge in [0.2, 0.25) is 0 Å². The Labute approximate surface area is 71.1 Å². The van der Waals surface area contributed by atoms with E-state index < -0.39 is 0 Å². The van der Waals surface area contributed by atoms with Crippen molar-refractivity contribution in [3.05, 3.63) is 12.7 Å². The lowest BCUT2D eigenvalue weighted by Crippen LogP contribution is -2.19. The zero-order valence-electron chi connectivity index (χ0n) is 7.97. The largest absolute Gasteiger partial charge is 0.303 e. The van der Waals surface area contributed by atoms with Gasteiger partial charge >= 0.3 is 0 Å². The zero-order valence-corrected chi connectivity index (χ0v) is 7.97. The van der Waals surface area contributed by atoms with Crippen molar-refractivity contribution in [1.82, 2.24) is 4.90 Å². The summed E-state index contributed by atoms with van der Waals surface area (Å²) in [6.07, 6.45) is 7.36. The van der Waals surface area contributed by atoms with Crippen LogP contribution in [0.15, 0.2) is 12.7 Å². The van der Waals surface area contributed by atoms with Crippen LogP contribution in [0.25, 0.3) is 0 Å². The predicted molar refractivity (Wildman–Crippen MR) is 51.8 cm³/mol. The Balaban J connectivity index is 3.03. The monoisotopic (exact) mass is 155 g/mol. The second-order valence-electron chi connectivity index (χ2n) is 3.11. The number of hydrogen-bond donors (Lipinski definition) is 0. The van der Waals surface area contributed by atoms with E-state index in [1.54, 1.807) is 0 Å². The molecule has 0 saturated heterocycles. The molecule has 0 aliphatic carbocycles. The third-order valence-electron chi connectivity index (χ3n) is 1.83. The first kappa shape index (κ1) is 10.7. The molecule has 11 heavy (non-hydrogen) atoms. The summed E-state index contributed by atoms with van der Waals surface area (Å²) in [5.41, 5.74) is 0. The lowest BCUT2D eigenvalue weighted by atomic mass is 10.2. The standard InChI is InChI=1S/C10H21N/c1-4-6-7-8-10-11(3)9-5-2/h5H,2,4,6-10H2,1,3H3. The van der Waals surface area contributed by atoms with Gasteiger partial charge in [-0.05, 0) is 20.0 Å². The van der Waals surface area contributed by atoms with Crippen molar-refractivity contribution in [2.24, 2.45) is 0 Å². The summed E-state index contributed by atoms with van der Waals surface area (Å²) >= 11 is 0. The average molecular weight is 155 g/mol. The van der Waals surface area contributed by atoms with E-state index in [9.17, 15) is 0 Å². The zero-order chi connectivity index (χ0) is 8.53. The van der Waals surface area contributed by atoms with Gasteiger partial charge in [0.15, 0.2) is 0 Å². The van der Waals surface area contributed by atoms with Crippen LogP contribution in [0.1, 0.15) is 32.6 Å². The highest BCUT2D eigenvalue weighted by molar-refractivity contribution is 4.70. The van der Waals surface area contributed by atoms with Gasteiger partial charge in [-0.25, -0.2) is 0 Å². The molecule has 0 aromatic carbocycles. The maximum atomic E-state index is 3.70. The highest BCUT2D eigenvalue weighted by atomic mass is 15.1. The summed E-state index contributed by atoms with van der Waals surface area (Å²) < 4.78 is 0. The molecule has 0 saturated carbocycles. The fraction of sp³-hybridized carbons (Fsp3) is 0.800. The molecule has 0 N–H and O–H groups in total. The van der Waals surface area contributed by atoms with Gasteiger partial charge in [0, 0.05) is 6.54 Å². The van der Waals surface area contributed by atoms with Crippen LogP contribution < -0.4 is 0 Å². The summed E-state index contributed by atoms with van der Waals surface area (Å²) in [6, 6.07) is 0. The number of nitrogens with zero attached hydrogens (tertiary/aromatic N) is 1. The smallest absolute Gasteiger partial charge is 0.0157 e. The minimum atomic E-state index is 1.02. The maximum Gasteiger partial charge on any atom is 0.0157 e. The fourth-order valence-corrected chi connectivity index (χ4v) is 1.12. The lowest BCUT2D eigenvalue weighted by Gasteiger charge is -2.12. The molecule has 1 heteroatoms. The third-order valence-corrected chi connectivity index (χ3v) is 1.83. The van der Waals surface area contributed by atoms with Crippen LogP contribution in [-0.4, -0.2) is 25.0 Å². The van der Waals surface area contributed by atoms with Gasteiger partial charge in [-0.15, -0.1) is 6.58 Å². The number of hydrogen-bond acceptors (Lipinski definition) is 1. The van der Waals surface area contributed by atoms with Crippen molar-refractivity contribution in [3.8, 4) is 0 Å². The summed E-state index contributed by atoms with van der Waals surface area (Å²) in [5.74, 6) is 0. The van der Waals surface area contributed by atoms with Crippen LogP contribution in [0.2, 0.25) is 0 Å². The van der Waals surface area contributed by atoms with Crippen LogP contribution in [0.5, 0.6) is 0 Å². The molecule has 0 bridgehead atoms. The Morgan fingerprint density at radius 2 is 2.00 bits per heavy atom. The molecule has 0 spiro atoms. The molecule has 0 aromatic heterocycles. The number of likely N-dealkylation sites (N-methyl/N-ethyl adjacent to an activating group) is 1. The second-order valence-corrected chi connectivity index (χ2v) is 3.11. The quantitative estimate of drug-likeness (QED) is 0.403. The SMILES string of the molecule is C=CCN(C)CCCCCC. The summed E-state index contributed by atoms with van der Waals surface area (Å²) in [7, 11) is 2.15. The first-order valence-corrected chi connectivity index (χ1v) is 4.60.